The SMILES string of the molecule is Cc1ccc2cc(C(=O)O)ccc2c1Br. The number of halogens is 1. The molecule has 2 nitrogen and oxygen atoms in total. The summed E-state index contributed by atoms with van der Waals surface area (Å²) in [6.45, 7) is 2.01. The van der Waals surface area contributed by atoms with Crippen LogP contribution in [0.15, 0.2) is 34.8 Å². The topological polar surface area (TPSA) is 37.3 Å². The minimum absolute atomic E-state index is 0.318. The normalized spacial score (nSPS) is 10.5. The molecule has 1 N–H and O–H groups in total. The molecule has 0 aromatic heterocycles. The molecule has 0 heterocycles. The van der Waals surface area contributed by atoms with Gasteiger partial charge in [-0.2, -0.15) is 0 Å². The maximum atomic E-state index is 10.8. The number of carboxylic acids is 1. The van der Waals surface area contributed by atoms with Crippen molar-refractivity contribution in [3.05, 3.63) is 45.9 Å². The summed E-state index contributed by atoms with van der Waals surface area (Å²) in [5, 5.41) is 10.8. The van der Waals surface area contributed by atoms with Crippen LogP contribution in [0.2, 0.25) is 0 Å². The molecule has 2 rings (SSSR count). The fourth-order valence-electron chi connectivity index (χ4n) is 1.53. The third-order valence-electron chi connectivity index (χ3n) is 2.39. The Kier molecular flexibility index (Phi) is 2.49. The molecule has 0 saturated heterocycles. The predicted molar refractivity (Wildman–Crippen MR) is 63.3 cm³/mol. The zero-order valence-electron chi connectivity index (χ0n) is 8.12. The summed E-state index contributed by atoms with van der Waals surface area (Å²) in [5.41, 5.74) is 1.46. The van der Waals surface area contributed by atoms with E-state index in [1.54, 1.807) is 12.1 Å². The molecule has 0 unspecified atom stereocenters. The van der Waals surface area contributed by atoms with E-state index in [4.69, 9.17) is 5.11 Å². The lowest BCUT2D eigenvalue weighted by atomic mass is 10.0. The summed E-state index contributed by atoms with van der Waals surface area (Å²) in [7, 11) is 0. The van der Waals surface area contributed by atoms with Crippen LogP contribution in [0.5, 0.6) is 0 Å². The molecule has 0 bridgehead atoms. The van der Waals surface area contributed by atoms with Crippen molar-refractivity contribution in [1.82, 2.24) is 0 Å². The molecular formula is C12H9BrO2. The molecule has 2 aromatic rings. The van der Waals surface area contributed by atoms with Gasteiger partial charge in [0.2, 0.25) is 0 Å². The van der Waals surface area contributed by atoms with Crippen molar-refractivity contribution >= 4 is 32.7 Å². The van der Waals surface area contributed by atoms with Crippen LogP contribution in [-0.2, 0) is 0 Å². The van der Waals surface area contributed by atoms with Crippen molar-refractivity contribution in [2.45, 2.75) is 6.92 Å². The van der Waals surface area contributed by atoms with Gasteiger partial charge in [-0.05, 0) is 51.3 Å². The van der Waals surface area contributed by atoms with Gasteiger partial charge in [0.15, 0.2) is 0 Å². The number of aromatic carboxylic acids is 1. The van der Waals surface area contributed by atoms with Crippen LogP contribution in [-0.4, -0.2) is 11.1 Å². The standard InChI is InChI=1S/C12H9BrO2/c1-7-2-3-8-6-9(12(14)15)4-5-10(8)11(7)13/h2-6H,1H3,(H,14,15). The lowest BCUT2D eigenvalue weighted by Gasteiger charge is -2.04. The molecule has 0 amide bonds. The van der Waals surface area contributed by atoms with Crippen LogP contribution in [0, 0.1) is 6.92 Å². The lowest BCUT2D eigenvalue weighted by molar-refractivity contribution is 0.0697. The van der Waals surface area contributed by atoms with Gasteiger partial charge in [0.05, 0.1) is 5.56 Å². The molecule has 76 valence electrons. The number of carbonyl (C=O) groups is 1. The number of fused-ring (bicyclic) bond motifs is 1. The van der Waals surface area contributed by atoms with Crippen LogP contribution in [0.3, 0.4) is 0 Å². The monoisotopic (exact) mass is 264 g/mol. The number of rotatable bonds is 1. The molecule has 2 aromatic carbocycles. The van der Waals surface area contributed by atoms with E-state index in [-0.39, 0.29) is 0 Å². The third-order valence-corrected chi connectivity index (χ3v) is 3.45. The summed E-state index contributed by atoms with van der Waals surface area (Å²) in [5.74, 6) is -0.895. The van der Waals surface area contributed by atoms with Crippen LogP contribution in [0.25, 0.3) is 10.8 Å². The first-order valence-electron chi connectivity index (χ1n) is 4.52. The van der Waals surface area contributed by atoms with E-state index in [0.29, 0.717) is 5.56 Å². The van der Waals surface area contributed by atoms with Crippen molar-refractivity contribution in [2.75, 3.05) is 0 Å². The molecular weight excluding hydrogens is 256 g/mol. The first-order chi connectivity index (χ1) is 7.09. The molecule has 3 heteroatoms. The Morgan fingerprint density at radius 1 is 1.27 bits per heavy atom. The van der Waals surface area contributed by atoms with Gasteiger partial charge in [-0.1, -0.05) is 18.2 Å². The highest BCUT2D eigenvalue weighted by atomic mass is 79.9. The van der Waals surface area contributed by atoms with Gasteiger partial charge in [0.25, 0.3) is 0 Å². The molecule has 0 fully saturated rings. The number of hydrogen-bond acceptors (Lipinski definition) is 1. The fourth-order valence-corrected chi connectivity index (χ4v) is 2.03. The molecule has 0 atom stereocenters. The Morgan fingerprint density at radius 2 is 2.00 bits per heavy atom. The van der Waals surface area contributed by atoms with Crippen LogP contribution in [0.4, 0.5) is 0 Å². The van der Waals surface area contributed by atoms with Crippen molar-refractivity contribution in [2.24, 2.45) is 0 Å². The molecule has 0 aliphatic heterocycles. The molecule has 0 saturated carbocycles. The average molecular weight is 265 g/mol. The smallest absolute Gasteiger partial charge is 0.335 e. The van der Waals surface area contributed by atoms with Crippen molar-refractivity contribution < 1.29 is 9.90 Å². The largest absolute Gasteiger partial charge is 0.478 e. The number of benzene rings is 2. The van der Waals surface area contributed by atoms with Crippen molar-refractivity contribution in [1.29, 1.82) is 0 Å². The highest BCUT2D eigenvalue weighted by Gasteiger charge is 2.06. The van der Waals surface area contributed by atoms with Gasteiger partial charge in [0, 0.05) is 4.47 Å². The van der Waals surface area contributed by atoms with E-state index in [2.05, 4.69) is 15.9 Å². The molecule has 15 heavy (non-hydrogen) atoms. The second-order valence-electron chi connectivity index (χ2n) is 3.44. The highest BCUT2D eigenvalue weighted by molar-refractivity contribution is 9.10. The summed E-state index contributed by atoms with van der Waals surface area (Å²) in [6, 6.07) is 9.03. The van der Waals surface area contributed by atoms with Gasteiger partial charge >= 0.3 is 5.97 Å². The highest BCUT2D eigenvalue weighted by Crippen LogP contribution is 2.27. The Balaban J connectivity index is 2.75. The Bertz CT molecular complexity index is 547. The van der Waals surface area contributed by atoms with E-state index in [0.717, 1.165) is 20.8 Å². The Labute approximate surface area is 95.7 Å². The summed E-state index contributed by atoms with van der Waals surface area (Å²) >= 11 is 3.49. The summed E-state index contributed by atoms with van der Waals surface area (Å²) < 4.78 is 1.02. The third kappa shape index (κ3) is 1.75. The second-order valence-corrected chi connectivity index (χ2v) is 4.23. The lowest BCUT2D eigenvalue weighted by Crippen LogP contribution is -1.95. The average Bonchev–Trinajstić information content (AvgIpc) is 2.23. The van der Waals surface area contributed by atoms with Crippen LogP contribution >= 0.6 is 15.9 Å². The number of carboxylic acid groups (broad SMARTS) is 1. The van der Waals surface area contributed by atoms with E-state index in [1.165, 1.54) is 0 Å². The molecule has 0 aliphatic rings. The predicted octanol–water partition coefficient (Wildman–Crippen LogP) is 3.61. The zero-order chi connectivity index (χ0) is 11.0. The van der Waals surface area contributed by atoms with Crippen molar-refractivity contribution in [3.8, 4) is 0 Å². The van der Waals surface area contributed by atoms with Gasteiger partial charge < -0.3 is 5.11 Å². The number of aryl methyl sites for hydroxylation is 1. The van der Waals surface area contributed by atoms with Gasteiger partial charge in [-0.25, -0.2) is 4.79 Å². The van der Waals surface area contributed by atoms with Gasteiger partial charge in [-0.15, -0.1) is 0 Å². The Morgan fingerprint density at radius 3 is 2.67 bits per heavy atom. The maximum Gasteiger partial charge on any atom is 0.335 e. The minimum atomic E-state index is -0.895. The fraction of sp³-hybridized carbons (Fsp3) is 0.0833. The maximum absolute atomic E-state index is 10.8. The van der Waals surface area contributed by atoms with Gasteiger partial charge in [0.1, 0.15) is 0 Å². The van der Waals surface area contributed by atoms with Crippen molar-refractivity contribution in [3.63, 3.8) is 0 Å². The minimum Gasteiger partial charge on any atom is -0.478 e. The van der Waals surface area contributed by atoms with E-state index in [9.17, 15) is 4.79 Å². The summed E-state index contributed by atoms with van der Waals surface area (Å²) in [6.07, 6.45) is 0. The molecule has 0 aliphatic carbocycles. The molecule has 0 radical (unpaired) electrons. The Hall–Kier alpha value is -1.35. The number of hydrogen-bond donors (Lipinski definition) is 1. The van der Waals surface area contributed by atoms with E-state index >= 15 is 0 Å². The zero-order valence-corrected chi connectivity index (χ0v) is 9.71. The van der Waals surface area contributed by atoms with Crippen LogP contribution in [0.1, 0.15) is 15.9 Å². The first-order valence-corrected chi connectivity index (χ1v) is 5.31. The first kappa shape index (κ1) is 10.2. The van der Waals surface area contributed by atoms with Gasteiger partial charge in [-0.3, -0.25) is 0 Å². The van der Waals surface area contributed by atoms with E-state index < -0.39 is 5.97 Å². The molecule has 0 spiro atoms. The second kappa shape index (κ2) is 3.66. The summed E-state index contributed by atoms with van der Waals surface area (Å²) in [4.78, 5) is 10.8. The quantitative estimate of drug-likeness (QED) is 0.855. The van der Waals surface area contributed by atoms with Crippen LogP contribution < -0.4 is 0 Å². The van der Waals surface area contributed by atoms with E-state index in [1.807, 2.05) is 25.1 Å².